The second-order valence-corrected chi connectivity index (χ2v) is 5.48. The molecule has 0 radical (unpaired) electrons. The number of methoxy groups -OCH3 is 3. The molecular weight excluding hydrogens is 268 g/mol. The van der Waals surface area contributed by atoms with Crippen LogP contribution in [0.1, 0.15) is 24.4 Å². The summed E-state index contributed by atoms with van der Waals surface area (Å²) in [6.45, 7) is 2.87. The molecule has 0 aromatic heterocycles. The molecule has 0 aliphatic carbocycles. The molecule has 5 heteroatoms. The molecule has 0 bridgehead atoms. The molecule has 2 unspecified atom stereocenters. The van der Waals surface area contributed by atoms with E-state index in [9.17, 15) is 0 Å². The molecule has 1 heterocycles. The number of nitrogens with two attached hydrogens (primary N) is 1. The molecule has 1 aliphatic rings. The van der Waals surface area contributed by atoms with E-state index in [1.807, 2.05) is 18.2 Å². The SMILES string of the molecule is COc1ccc(C(N)CN2CCCC(OC)C2)cc1OC. The normalized spacial score (nSPS) is 21.0. The summed E-state index contributed by atoms with van der Waals surface area (Å²) in [7, 11) is 5.06. The maximum absolute atomic E-state index is 6.35. The van der Waals surface area contributed by atoms with Crippen LogP contribution in [-0.4, -0.2) is 52.0 Å². The minimum Gasteiger partial charge on any atom is -0.493 e. The monoisotopic (exact) mass is 294 g/mol. The van der Waals surface area contributed by atoms with Gasteiger partial charge in [-0.1, -0.05) is 6.07 Å². The highest BCUT2D eigenvalue weighted by Crippen LogP contribution is 2.29. The predicted molar refractivity (Wildman–Crippen MR) is 82.9 cm³/mol. The lowest BCUT2D eigenvalue weighted by Gasteiger charge is -2.33. The van der Waals surface area contributed by atoms with Gasteiger partial charge < -0.3 is 19.9 Å². The number of benzene rings is 1. The predicted octanol–water partition coefficient (Wildman–Crippen LogP) is 1.81. The summed E-state index contributed by atoms with van der Waals surface area (Å²) in [6.07, 6.45) is 2.63. The van der Waals surface area contributed by atoms with Gasteiger partial charge in [-0.3, -0.25) is 4.90 Å². The van der Waals surface area contributed by atoms with E-state index in [0.717, 1.165) is 49.5 Å². The highest BCUT2D eigenvalue weighted by Gasteiger charge is 2.21. The Labute approximate surface area is 127 Å². The van der Waals surface area contributed by atoms with Crippen molar-refractivity contribution in [2.75, 3.05) is 41.0 Å². The molecule has 1 fully saturated rings. The molecule has 2 N–H and O–H groups in total. The summed E-state index contributed by atoms with van der Waals surface area (Å²) in [5, 5.41) is 0. The zero-order chi connectivity index (χ0) is 15.2. The van der Waals surface area contributed by atoms with Gasteiger partial charge in [0.25, 0.3) is 0 Å². The second kappa shape index (κ2) is 7.64. The number of ether oxygens (including phenoxy) is 3. The number of hydrogen-bond donors (Lipinski definition) is 1. The summed E-state index contributed by atoms with van der Waals surface area (Å²) >= 11 is 0. The first-order chi connectivity index (χ1) is 10.2. The molecule has 1 aromatic carbocycles. The number of rotatable bonds is 6. The Balaban J connectivity index is 2.01. The Hall–Kier alpha value is -1.30. The van der Waals surface area contributed by atoms with E-state index in [-0.39, 0.29) is 6.04 Å². The Bertz CT molecular complexity index is 453. The van der Waals surface area contributed by atoms with Gasteiger partial charge in [-0.2, -0.15) is 0 Å². The fourth-order valence-corrected chi connectivity index (χ4v) is 2.84. The molecule has 5 nitrogen and oxygen atoms in total. The fourth-order valence-electron chi connectivity index (χ4n) is 2.84. The quantitative estimate of drug-likeness (QED) is 0.867. The summed E-state index contributed by atoms with van der Waals surface area (Å²) < 4.78 is 16.1. The van der Waals surface area contributed by atoms with E-state index in [2.05, 4.69) is 4.90 Å². The van der Waals surface area contributed by atoms with Crippen LogP contribution in [0.3, 0.4) is 0 Å². The van der Waals surface area contributed by atoms with Crippen LogP contribution in [0, 0.1) is 0 Å². The minimum atomic E-state index is -0.0413. The van der Waals surface area contributed by atoms with Crippen molar-refractivity contribution in [2.45, 2.75) is 25.0 Å². The molecule has 2 rings (SSSR count). The average molecular weight is 294 g/mol. The Morgan fingerprint density at radius 1 is 1.24 bits per heavy atom. The van der Waals surface area contributed by atoms with Crippen molar-refractivity contribution in [3.8, 4) is 11.5 Å². The first-order valence-electron chi connectivity index (χ1n) is 7.40. The van der Waals surface area contributed by atoms with Crippen LogP contribution in [0.2, 0.25) is 0 Å². The molecule has 1 saturated heterocycles. The van der Waals surface area contributed by atoms with Gasteiger partial charge in [0.15, 0.2) is 11.5 Å². The molecule has 118 valence electrons. The van der Waals surface area contributed by atoms with E-state index in [4.69, 9.17) is 19.9 Å². The van der Waals surface area contributed by atoms with E-state index in [0.29, 0.717) is 6.10 Å². The lowest BCUT2D eigenvalue weighted by atomic mass is 10.0. The average Bonchev–Trinajstić information content (AvgIpc) is 2.54. The molecule has 0 spiro atoms. The van der Waals surface area contributed by atoms with E-state index < -0.39 is 0 Å². The van der Waals surface area contributed by atoms with E-state index >= 15 is 0 Å². The van der Waals surface area contributed by atoms with Crippen molar-refractivity contribution in [1.82, 2.24) is 4.90 Å². The number of piperidine rings is 1. The molecule has 0 saturated carbocycles. The Morgan fingerprint density at radius 2 is 2.00 bits per heavy atom. The van der Waals surface area contributed by atoms with E-state index in [1.165, 1.54) is 0 Å². The number of nitrogens with zero attached hydrogens (tertiary/aromatic N) is 1. The second-order valence-electron chi connectivity index (χ2n) is 5.48. The number of hydrogen-bond acceptors (Lipinski definition) is 5. The van der Waals surface area contributed by atoms with Gasteiger partial charge in [0.2, 0.25) is 0 Å². The van der Waals surface area contributed by atoms with Crippen LogP contribution < -0.4 is 15.2 Å². The van der Waals surface area contributed by atoms with Gasteiger partial charge in [-0.15, -0.1) is 0 Å². The number of likely N-dealkylation sites (tertiary alicyclic amines) is 1. The maximum atomic E-state index is 6.35. The molecule has 0 amide bonds. The van der Waals surface area contributed by atoms with E-state index in [1.54, 1.807) is 21.3 Å². The van der Waals surface area contributed by atoms with Crippen molar-refractivity contribution in [2.24, 2.45) is 5.73 Å². The zero-order valence-corrected chi connectivity index (χ0v) is 13.2. The van der Waals surface area contributed by atoms with Crippen LogP contribution in [-0.2, 0) is 4.74 Å². The lowest BCUT2D eigenvalue weighted by Crippen LogP contribution is -2.42. The van der Waals surface area contributed by atoms with Crippen LogP contribution in [0.4, 0.5) is 0 Å². The van der Waals surface area contributed by atoms with Crippen LogP contribution >= 0.6 is 0 Å². The Kier molecular flexibility index (Phi) is 5.85. The van der Waals surface area contributed by atoms with Crippen molar-refractivity contribution in [3.63, 3.8) is 0 Å². The highest BCUT2D eigenvalue weighted by molar-refractivity contribution is 5.43. The summed E-state index contributed by atoms with van der Waals surface area (Å²) in [4.78, 5) is 2.37. The first-order valence-corrected chi connectivity index (χ1v) is 7.40. The topological polar surface area (TPSA) is 57.0 Å². The van der Waals surface area contributed by atoms with Crippen LogP contribution in [0.5, 0.6) is 11.5 Å². The Morgan fingerprint density at radius 3 is 2.67 bits per heavy atom. The molecular formula is C16H26N2O3. The van der Waals surface area contributed by atoms with Gasteiger partial charge in [0.1, 0.15) is 0 Å². The lowest BCUT2D eigenvalue weighted by molar-refractivity contribution is 0.0294. The molecule has 21 heavy (non-hydrogen) atoms. The first kappa shape index (κ1) is 16.1. The van der Waals surface area contributed by atoms with Gasteiger partial charge in [-0.05, 0) is 37.1 Å². The van der Waals surface area contributed by atoms with Crippen LogP contribution in [0.15, 0.2) is 18.2 Å². The largest absolute Gasteiger partial charge is 0.493 e. The summed E-state index contributed by atoms with van der Waals surface area (Å²) in [5.74, 6) is 1.45. The van der Waals surface area contributed by atoms with Crippen molar-refractivity contribution in [1.29, 1.82) is 0 Å². The third kappa shape index (κ3) is 4.09. The zero-order valence-electron chi connectivity index (χ0n) is 13.2. The third-order valence-corrected chi connectivity index (χ3v) is 4.09. The fraction of sp³-hybridized carbons (Fsp3) is 0.625. The van der Waals surface area contributed by atoms with Crippen molar-refractivity contribution in [3.05, 3.63) is 23.8 Å². The molecule has 2 atom stereocenters. The van der Waals surface area contributed by atoms with Crippen molar-refractivity contribution < 1.29 is 14.2 Å². The standard InChI is InChI=1S/C16H26N2O3/c1-19-13-5-4-8-18(10-13)11-14(17)12-6-7-15(20-2)16(9-12)21-3/h6-7,9,13-14H,4-5,8,10-11,17H2,1-3H3. The summed E-state index contributed by atoms with van der Waals surface area (Å²) in [6, 6.07) is 5.83. The molecule has 1 aromatic rings. The highest BCUT2D eigenvalue weighted by atomic mass is 16.5. The summed E-state index contributed by atoms with van der Waals surface area (Å²) in [5.41, 5.74) is 7.41. The van der Waals surface area contributed by atoms with Crippen LogP contribution in [0.25, 0.3) is 0 Å². The van der Waals surface area contributed by atoms with Gasteiger partial charge in [-0.25, -0.2) is 0 Å². The minimum absolute atomic E-state index is 0.0413. The van der Waals surface area contributed by atoms with Gasteiger partial charge >= 0.3 is 0 Å². The van der Waals surface area contributed by atoms with Gasteiger partial charge in [0, 0.05) is 26.2 Å². The maximum Gasteiger partial charge on any atom is 0.161 e. The third-order valence-electron chi connectivity index (χ3n) is 4.09. The molecule has 1 aliphatic heterocycles. The van der Waals surface area contributed by atoms with Gasteiger partial charge in [0.05, 0.1) is 20.3 Å². The van der Waals surface area contributed by atoms with Crippen molar-refractivity contribution >= 4 is 0 Å². The smallest absolute Gasteiger partial charge is 0.161 e.